The summed E-state index contributed by atoms with van der Waals surface area (Å²) in [6.07, 6.45) is 4.27. The summed E-state index contributed by atoms with van der Waals surface area (Å²) in [5.41, 5.74) is 2.48. The van der Waals surface area contributed by atoms with Crippen LogP contribution in [0.25, 0.3) is 44.2 Å². The number of nitrogens with zero attached hydrogens (tertiary/aromatic N) is 1. The van der Waals surface area contributed by atoms with Gasteiger partial charge in [-0.1, -0.05) is 25.0 Å². The van der Waals surface area contributed by atoms with Crippen LogP contribution in [0.2, 0.25) is 0 Å². The number of furan rings is 1. The van der Waals surface area contributed by atoms with Gasteiger partial charge in [-0.05, 0) is 56.5 Å². The smallest absolute Gasteiger partial charge is 0.274 e. The molecule has 0 atom stereocenters. The number of nitrogens with one attached hydrogen (secondary N) is 2. The molecular formula is C26H25N3O5. The van der Waals surface area contributed by atoms with Gasteiger partial charge in [-0.25, -0.2) is 0 Å². The maximum Gasteiger partial charge on any atom is 0.274 e. The number of ether oxygens (including phenoxy) is 1. The van der Waals surface area contributed by atoms with Gasteiger partial charge in [-0.3, -0.25) is 19.4 Å². The van der Waals surface area contributed by atoms with Gasteiger partial charge in [0.15, 0.2) is 11.2 Å². The molecule has 0 unspecified atom stereocenters. The zero-order chi connectivity index (χ0) is 23.6. The van der Waals surface area contributed by atoms with Gasteiger partial charge in [0.05, 0.1) is 23.0 Å². The molecule has 8 heteroatoms. The van der Waals surface area contributed by atoms with Crippen LogP contribution < -0.4 is 15.7 Å². The number of aromatic hydroxyl groups is 1. The SMILES string of the molecule is CC(C)Oc1ccc(-c2c3oc4c(O)c(=O)ccc4c3[nH]c3c2c(=O)[nH]n3C2CCCC2)cc1. The van der Waals surface area contributed by atoms with E-state index in [9.17, 15) is 14.7 Å². The average Bonchev–Trinajstić information content (AvgIpc) is 3.54. The van der Waals surface area contributed by atoms with E-state index in [1.807, 2.05) is 42.8 Å². The molecule has 1 saturated carbocycles. The molecule has 0 saturated heterocycles. The number of fused-ring (bicyclic) bond motifs is 4. The third-order valence-corrected chi connectivity index (χ3v) is 6.65. The van der Waals surface area contributed by atoms with E-state index in [-0.39, 0.29) is 23.3 Å². The van der Waals surface area contributed by atoms with Crippen LogP contribution in [0.3, 0.4) is 0 Å². The van der Waals surface area contributed by atoms with Gasteiger partial charge in [0.2, 0.25) is 11.2 Å². The highest BCUT2D eigenvalue weighted by Crippen LogP contribution is 2.41. The molecule has 3 aromatic heterocycles. The Morgan fingerprint density at radius 3 is 2.50 bits per heavy atom. The van der Waals surface area contributed by atoms with E-state index in [4.69, 9.17) is 9.15 Å². The highest BCUT2D eigenvalue weighted by Gasteiger charge is 2.26. The highest BCUT2D eigenvalue weighted by molar-refractivity contribution is 6.15. The van der Waals surface area contributed by atoms with Crippen LogP contribution in [0.1, 0.15) is 45.6 Å². The number of pyridine rings is 1. The van der Waals surface area contributed by atoms with Crippen molar-refractivity contribution < 1.29 is 14.3 Å². The number of phenols is 1. The van der Waals surface area contributed by atoms with Crippen molar-refractivity contribution in [1.82, 2.24) is 14.8 Å². The Balaban J connectivity index is 1.71. The van der Waals surface area contributed by atoms with Gasteiger partial charge in [0.25, 0.3) is 5.56 Å². The van der Waals surface area contributed by atoms with Crippen molar-refractivity contribution in [1.29, 1.82) is 0 Å². The predicted molar refractivity (Wildman–Crippen MR) is 131 cm³/mol. The quantitative estimate of drug-likeness (QED) is 0.342. The Morgan fingerprint density at radius 2 is 1.79 bits per heavy atom. The lowest BCUT2D eigenvalue weighted by molar-refractivity contribution is 0.242. The Morgan fingerprint density at radius 1 is 1.06 bits per heavy atom. The van der Waals surface area contributed by atoms with Crippen LogP contribution in [-0.2, 0) is 0 Å². The molecule has 0 bridgehead atoms. The van der Waals surface area contributed by atoms with Crippen LogP contribution in [-0.4, -0.2) is 26.0 Å². The summed E-state index contributed by atoms with van der Waals surface area (Å²) in [5.74, 6) is 0.287. The number of hydrogen-bond acceptors (Lipinski definition) is 5. The van der Waals surface area contributed by atoms with Crippen molar-refractivity contribution in [3.8, 4) is 22.6 Å². The molecule has 1 aliphatic carbocycles. The van der Waals surface area contributed by atoms with Gasteiger partial charge in [0, 0.05) is 10.9 Å². The lowest BCUT2D eigenvalue weighted by Crippen LogP contribution is -2.10. The summed E-state index contributed by atoms with van der Waals surface area (Å²) in [7, 11) is 0. The van der Waals surface area contributed by atoms with Crippen molar-refractivity contribution in [3.63, 3.8) is 0 Å². The van der Waals surface area contributed by atoms with E-state index in [0.29, 0.717) is 33.1 Å². The molecule has 0 radical (unpaired) electrons. The Bertz CT molecular complexity index is 1660. The van der Waals surface area contributed by atoms with E-state index < -0.39 is 11.2 Å². The minimum atomic E-state index is -0.513. The first kappa shape index (κ1) is 20.7. The Labute approximate surface area is 193 Å². The van der Waals surface area contributed by atoms with Crippen LogP contribution in [0.5, 0.6) is 11.5 Å². The van der Waals surface area contributed by atoms with Crippen LogP contribution >= 0.6 is 0 Å². The molecule has 6 rings (SSSR count). The number of aromatic nitrogens is 3. The summed E-state index contributed by atoms with van der Waals surface area (Å²) >= 11 is 0. The van der Waals surface area contributed by atoms with Crippen molar-refractivity contribution in [2.24, 2.45) is 0 Å². The second-order valence-corrected chi connectivity index (χ2v) is 9.26. The van der Waals surface area contributed by atoms with E-state index in [1.165, 1.54) is 6.07 Å². The second kappa shape index (κ2) is 7.55. The number of benzene rings is 2. The average molecular weight is 460 g/mol. The summed E-state index contributed by atoms with van der Waals surface area (Å²) < 4.78 is 13.8. The molecule has 2 aromatic carbocycles. The summed E-state index contributed by atoms with van der Waals surface area (Å²) in [4.78, 5) is 28.7. The van der Waals surface area contributed by atoms with E-state index in [2.05, 4.69) is 10.1 Å². The van der Waals surface area contributed by atoms with Gasteiger partial charge in [-0.15, -0.1) is 0 Å². The Hall–Kier alpha value is -3.94. The molecule has 1 fully saturated rings. The fourth-order valence-corrected chi connectivity index (χ4v) is 5.15. The zero-order valence-corrected chi connectivity index (χ0v) is 19.0. The number of aromatic amines is 2. The maximum atomic E-state index is 13.3. The molecule has 0 aliphatic heterocycles. The molecule has 174 valence electrons. The largest absolute Gasteiger partial charge is 0.502 e. The monoisotopic (exact) mass is 459 g/mol. The Kier molecular flexibility index (Phi) is 4.58. The van der Waals surface area contributed by atoms with Crippen LogP contribution in [0.15, 0.2) is 50.4 Å². The number of hydrogen-bond donors (Lipinski definition) is 3. The van der Waals surface area contributed by atoms with Gasteiger partial charge in [0.1, 0.15) is 11.4 Å². The van der Waals surface area contributed by atoms with E-state index >= 15 is 0 Å². The first-order chi connectivity index (χ1) is 16.4. The molecule has 0 amide bonds. The molecule has 34 heavy (non-hydrogen) atoms. The topological polar surface area (TPSA) is 113 Å². The lowest BCUT2D eigenvalue weighted by atomic mass is 10.0. The molecule has 3 N–H and O–H groups in total. The highest BCUT2D eigenvalue weighted by atomic mass is 16.5. The molecule has 1 aliphatic rings. The van der Waals surface area contributed by atoms with Gasteiger partial charge >= 0.3 is 0 Å². The number of H-pyrrole nitrogens is 2. The number of rotatable bonds is 4. The first-order valence-electron chi connectivity index (χ1n) is 11.6. The second-order valence-electron chi connectivity index (χ2n) is 9.26. The first-order valence-corrected chi connectivity index (χ1v) is 11.6. The van der Waals surface area contributed by atoms with Gasteiger partial charge < -0.3 is 19.2 Å². The number of phenolic OH excluding ortho intramolecular Hbond substituents is 1. The standard InChI is InChI=1S/C26H25N3O5/c1-13(2)33-16-9-7-14(8-10-16)19-20-25(29(28-26(20)32)15-5-3-4-6-15)27-21-17-11-12-18(30)22(31)23(17)34-24(19)21/h7-13,15,27,31H,3-6H2,1-2H3,(H,28,32). The molecule has 8 nitrogen and oxygen atoms in total. The van der Waals surface area contributed by atoms with Crippen LogP contribution in [0.4, 0.5) is 0 Å². The minimum absolute atomic E-state index is 0.0403. The summed E-state index contributed by atoms with van der Waals surface area (Å²) in [6, 6.07) is 10.7. The summed E-state index contributed by atoms with van der Waals surface area (Å²) in [5, 5.41) is 14.5. The van der Waals surface area contributed by atoms with E-state index in [1.54, 1.807) is 6.07 Å². The lowest BCUT2D eigenvalue weighted by Gasteiger charge is -2.13. The third kappa shape index (κ3) is 3.05. The zero-order valence-electron chi connectivity index (χ0n) is 19.0. The normalized spacial score (nSPS) is 14.8. The fraction of sp³-hybridized carbons (Fsp3) is 0.308. The van der Waals surface area contributed by atoms with E-state index in [0.717, 1.165) is 37.0 Å². The fourth-order valence-electron chi connectivity index (χ4n) is 5.15. The molecule has 5 aromatic rings. The van der Waals surface area contributed by atoms with Crippen molar-refractivity contribution >= 4 is 33.1 Å². The molecular weight excluding hydrogens is 434 g/mol. The third-order valence-electron chi connectivity index (χ3n) is 6.65. The molecule has 0 spiro atoms. The summed E-state index contributed by atoms with van der Waals surface area (Å²) in [6.45, 7) is 3.93. The van der Waals surface area contributed by atoms with Crippen molar-refractivity contribution in [2.45, 2.75) is 51.7 Å². The van der Waals surface area contributed by atoms with Crippen molar-refractivity contribution in [3.05, 3.63) is 57.0 Å². The predicted octanol–water partition coefficient (Wildman–Crippen LogP) is 5.19. The van der Waals surface area contributed by atoms with Crippen LogP contribution in [0, 0.1) is 0 Å². The van der Waals surface area contributed by atoms with Gasteiger partial charge in [-0.2, -0.15) is 0 Å². The van der Waals surface area contributed by atoms with Crippen molar-refractivity contribution in [2.75, 3.05) is 0 Å². The minimum Gasteiger partial charge on any atom is -0.502 e. The maximum absolute atomic E-state index is 13.3. The molecule has 3 heterocycles.